The molecule has 108 valence electrons. The molecule has 8 heteroatoms. The number of rotatable bonds is 5. The Morgan fingerprint density at radius 1 is 1.48 bits per heavy atom. The fourth-order valence-electron chi connectivity index (χ4n) is 1.73. The first-order valence-electron chi connectivity index (χ1n) is 6.00. The van der Waals surface area contributed by atoms with Crippen molar-refractivity contribution in [3.8, 4) is 0 Å². The number of aryl methyl sites for hydroxylation is 1. The van der Waals surface area contributed by atoms with Crippen LogP contribution in [-0.4, -0.2) is 26.0 Å². The number of carboxylic acids is 1. The van der Waals surface area contributed by atoms with Crippen LogP contribution in [0.5, 0.6) is 0 Å². The van der Waals surface area contributed by atoms with Crippen LogP contribution in [0.2, 0.25) is 0 Å². The molecule has 0 aliphatic rings. The number of aromatic nitrogens is 2. The Morgan fingerprint density at radius 3 is 2.86 bits per heavy atom. The van der Waals surface area contributed by atoms with Crippen molar-refractivity contribution < 1.29 is 14.8 Å². The van der Waals surface area contributed by atoms with Crippen LogP contribution in [0, 0.1) is 17.0 Å². The third kappa shape index (κ3) is 3.30. The average molecular weight is 288 g/mol. The van der Waals surface area contributed by atoms with Gasteiger partial charge in [-0.15, -0.1) is 0 Å². The van der Waals surface area contributed by atoms with Crippen LogP contribution >= 0.6 is 0 Å². The topological polar surface area (TPSA) is 118 Å². The summed E-state index contributed by atoms with van der Waals surface area (Å²) in [7, 11) is 0. The molecule has 0 aliphatic heterocycles. The number of carboxylic acid groups (broad SMARTS) is 1. The number of anilines is 1. The molecular weight excluding hydrogens is 276 g/mol. The highest BCUT2D eigenvalue weighted by Crippen LogP contribution is 2.20. The summed E-state index contributed by atoms with van der Waals surface area (Å²) in [6, 6.07) is 3.00. The summed E-state index contributed by atoms with van der Waals surface area (Å²) in [4.78, 5) is 28.8. The van der Waals surface area contributed by atoms with Crippen LogP contribution in [0.1, 0.15) is 21.5 Å². The zero-order valence-corrected chi connectivity index (χ0v) is 11.1. The van der Waals surface area contributed by atoms with E-state index in [0.29, 0.717) is 6.54 Å². The summed E-state index contributed by atoms with van der Waals surface area (Å²) in [5, 5.41) is 22.7. The SMILES string of the molecule is Cc1ccncc1CNc1cc(C(=O)O)c([N+](=O)[O-])cn1. The number of nitrogens with one attached hydrogen (secondary N) is 1. The van der Waals surface area contributed by atoms with E-state index < -0.39 is 22.1 Å². The van der Waals surface area contributed by atoms with Gasteiger partial charge in [-0.25, -0.2) is 9.78 Å². The van der Waals surface area contributed by atoms with Crippen molar-refractivity contribution in [3.63, 3.8) is 0 Å². The van der Waals surface area contributed by atoms with E-state index in [1.807, 2.05) is 13.0 Å². The van der Waals surface area contributed by atoms with Crippen LogP contribution in [0.15, 0.2) is 30.7 Å². The predicted octanol–water partition coefficient (Wildman–Crippen LogP) is 2.00. The number of nitrogens with zero attached hydrogens (tertiary/aromatic N) is 3. The summed E-state index contributed by atoms with van der Waals surface area (Å²) in [5.41, 5.74) is 1.01. The first kappa shape index (κ1) is 14.4. The maximum absolute atomic E-state index is 11.0. The van der Waals surface area contributed by atoms with Crippen molar-refractivity contribution in [2.45, 2.75) is 13.5 Å². The highest BCUT2D eigenvalue weighted by molar-refractivity contribution is 5.93. The van der Waals surface area contributed by atoms with Gasteiger partial charge < -0.3 is 10.4 Å². The zero-order chi connectivity index (χ0) is 15.4. The molecule has 2 heterocycles. The molecule has 0 bridgehead atoms. The molecule has 21 heavy (non-hydrogen) atoms. The Morgan fingerprint density at radius 2 is 2.24 bits per heavy atom. The number of nitro groups is 1. The van der Waals surface area contributed by atoms with Crippen molar-refractivity contribution in [1.29, 1.82) is 0 Å². The van der Waals surface area contributed by atoms with Gasteiger partial charge in [0.15, 0.2) is 0 Å². The lowest BCUT2D eigenvalue weighted by atomic mass is 10.1. The summed E-state index contributed by atoms with van der Waals surface area (Å²) in [6.07, 6.45) is 4.29. The van der Waals surface area contributed by atoms with Gasteiger partial charge in [0.25, 0.3) is 0 Å². The van der Waals surface area contributed by atoms with Gasteiger partial charge in [0.2, 0.25) is 0 Å². The number of hydrogen-bond acceptors (Lipinski definition) is 6. The maximum atomic E-state index is 11.0. The van der Waals surface area contributed by atoms with Crippen molar-refractivity contribution in [2.75, 3.05) is 5.32 Å². The predicted molar refractivity (Wildman–Crippen MR) is 74.2 cm³/mol. The Kier molecular flexibility index (Phi) is 4.07. The van der Waals surface area contributed by atoms with Gasteiger partial charge >= 0.3 is 11.7 Å². The number of carbonyl (C=O) groups is 1. The van der Waals surface area contributed by atoms with E-state index in [0.717, 1.165) is 23.4 Å². The molecule has 2 aromatic heterocycles. The Hall–Kier alpha value is -3.03. The standard InChI is InChI=1S/C13H12N4O4/c1-8-2-3-14-5-9(8)6-15-12-4-10(13(18)19)11(7-16-12)17(20)21/h2-5,7H,6H2,1H3,(H,15,16)(H,18,19). The van der Waals surface area contributed by atoms with Crippen LogP contribution < -0.4 is 5.32 Å². The van der Waals surface area contributed by atoms with Gasteiger partial charge in [-0.1, -0.05) is 0 Å². The molecule has 2 rings (SSSR count). The Bertz CT molecular complexity index is 702. The van der Waals surface area contributed by atoms with Gasteiger partial charge in [0.05, 0.1) is 4.92 Å². The van der Waals surface area contributed by atoms with Crippen molar-refractivity contribution >= 4 is 17.5 Å². The van der Waals surface area contributed by atoms with Crippen molar-refractivity contribution in [3.05, 3.63) is 57.5 Å². The monoisotopic (exact) mass is 288 g/mol. The van der Waals surface area contributed by atoms with E-state index in [-0.39, 0.29) is 5.82 Å². The minimum Gasteiger partial charge on any atom is -0.477 e. The second kappa shape index (κ2) is 5.95. The normalized spacial score (nSPS) is 10.1. The summed E-state index contributed by atoms with van der Waals surface area (Å²) < 4.78 is 0. The molecule has 0 saturated heterocycles. The Balaban J connectivity index is 2.22. The van der Waals surface area contributed by atoms with E-state index >= 15 is 0 Å². The second-order valence-corrected chi connectivity index (χ2v) is 4.30. The Labute approximate surface area is 119 Å². The molecule has 8 nitrogen and oxygen atoms in total. The third-order valence-corrected chi connectivity index (χ3v) is 2.92. The van der Waals surface area contributed by atoms with Crippen LogP contribution in [0.4, 0.5) is 11.5 Å². The highest BCUT2D eigenvalue weighted by atomic mass is 16.6. The molecule has 0 spiro atoms. The van der Waals surface area contributed by atoms with E-state index in [2.05, 4.69) is 15.3 Å². The molecule has 0 unspecified atom stereocenters. The highest BCUT2D eigenvalue weighted by Gasteiger charge is 2.20. The van der Waals surface area contributed by atoms with E-state index in [9.17, 15) is 14.9 Å². The molecule has 0 fully saturated rings. The van der Waals surface area contributed by atoms with Gasteiger partial charge in [0.1, 0.15) is 17.6 Å². The summed E-state index contributed by atoms with van der Waals surface area (Å²) >= 11 is 0. The third-order valence-electron chi connectivity index (χ3n) is 2.92. The maximum Gasteiger partial charge on any atom is 0.342 e. The largest absolute Gasteiger partial charge is 0.477 e. The fourth-order valence-corrected chi connectivity index (χ4v) is 1.73. The van der Waals surface area contributed by atoms with Crippen LogP contribution in [-0.2, 0) is 6.54 Å². The quantitative estimate of drug-likeness (QED) is 0.638. The molecule has 0 amide bonds. The summed E-state index contributed by atoms with van der Waals surface area (Å²) in [6.45, 7) is 2.31. The van der Waals surface area contributed by atoms with Gasteiger partial charge in [-0.05, 0) is 24.1 Å². The molecule has 0 aromatic carbocycles. The molecule has 0 aliphatic carbocycles. The zero-order valence-electron chi connectivity index (χ0n) is 11.1. The lowest BCUT2D eigenvalue weighted by Gasteiger charge is -2.08. The van der Waals surface area contributed by atoms with Gasteiger partial charge in [0, 0.05) is 25.0 Å². The lowest BCUT2D eigenvalue weighted by molar-refractivity contribution is -0.385. The van der Waals surface area contributed by atoms with E-state index in [4.69, 9.17) is 5.11 Å². The van der Waals surface area contributed by atoms with Crippen molar-refractivity contribution in [2.24, 2.45) is 0 Å². The fraction of sp³-hybridized carbons (Fsp3) is 0.154. The van der Waals surface area contributed by atoms with Crippen molar-refractivity contribution in [1.82, 2.24) is 9.97 Å². The molecule has 0 radical (unpaired) electrons. The van der Waals surface area contributed by atoms with Crippen LogP contribution in [0.25, 0.3) is 0 Å². The number of aromatic carboxylic acids is 1. The molecule has 0 atom stereocenters. The van der Waals surface area contributed by atoms with Crippen LogP contribution in [0.3, 0.4) is 0 Å². The molecule has 0 saturated carbocycles. The first-order valence-corrected chi connectivity index (χ1v) is 6.00. The molecule has 2 N–H and O–H groups in total. The minimum atomic E-state index is -1.37. The minimum absolute atomic E-state index is 0.251. The number of pyridine rings is 2. The molecule has 2 aromatic rings. The van der Waals surface area contributed by atoms with Gasteiger partial charge in [-0.3, -0.25) is 15.1 Å². The summed E-state index contributed by atoms with van der Waals surface area (Å²) in [5.74, 6) is -1.12. The average Bonchev–Trinajstić information content (AvgIpc) is 2.46. The lowest BCUT2D eigenvalue weighted by Crippen LogP contribution is -2.08. The first-order chi connectivity index (χ1) is 9.99. The van der Waals surface area contributed by atoms with E-state index in [1.54, 1.807) is 12.4 Å². The van der Waals surface area contributed by atoms with Gasteiger partial charge in [-0.2, -0.15) is 0 Å². The number of hydrogen-bond donors (Lipinski definition) is 2. The van der Waals surface area contributed by atoms with E-state index in [1.165, 1.54) is 0 Å². The smallest absolute Gasteiger partial charge is 0.342 e. The molecular formula is C13H12N4O4. The second-order valence-electron chi connectivity index (χ2n) is 4.30.